The molecule has 8 rings (SSSR count). The molecule has 0 radical (unpaired) electrons. The number of benzene rings is 2. The number of carbonyl (C=O) groups excluding carboxylic acids is 1. The summed E-state index contributed by atoms with van der Waals surface area (Å²) in [5.74, 6) is -0.377. The standard InChI is InChI=1S/C40H49FN10O3/c1-40(2,50-19-17-47(18-20-50)28-24-53-25-28)36(48-14-6-7-15-48)32(22-42)39(52)49-16-8-9-27(23-49)51-38-34(37(43)44-26-45-38)35(46-51)31-13-12-30(21-33(31)41)54-29-10-4-3-5-11-29/h3-5,10-13,21,26-28,32,36H,6-9,14-20,23-25H2,1-2H3,(H2,43,44,45). The largest absolute Gasteiger partial charge is 0.457 e. The van der Waals surface area contributed by atoms with Crippen molar-refractivity contribution in [2.75, 3.05) is 71.3 Å². The SMILES string of the molecule is CC(C)(C(C(C#N)C(=O)N1CCCC(n2nc(-c3ccc(Oc4ccccc4)cc3F)c3c(N)ncnc32)C1)N1CCCC1)N1CCN(C2COC2)CC1. The van der Waals surface area contributed by atoms with Crippen molar-refractivity contribution in [3.05, 3.63) is 60.7 Å². The topological polar surface area (TPSA) is 142 Å². The van der Waals surface area contributed by atoms with Gasteiger partial charge in [0.25, 0.3) is 0 Å². The number of piperidine rings is 1. The molecule has 0 bridgehead atoms. The molecule has 3 unspecified atom stereocenters. The third-order valence-corrected chi connectivity index (χ3v) is 12.0. The highest BCUT2D eigenvalue weighted by Gasteiger charge is 2.49. The van der Waals surface area contributed by atoms with Crippen LogP contribution in [0.25, 0.3) is 22.3 Å². The van der Waals surface area contributed by atoms with E-state index in [1.54, 1.807) is 28.9 Å². The second-order valence-corrected chi connectivity index (χ2v) is 15.6. The van der Waals surface area contributed by atoms with E-state index in [0.29, 0.717) is 47.4 Å². The molecular weight excluding hydrogens is 688 g/mol. The number of aromatic nitrogens is 4. The van der Waals surface area contributed by atoms with Crippen LogP contribution in [0.5, 0.6) is 11.5 Å². The van der Waals surface area contributed by atoms with Crippen LogP contribution in [0.3, 0.4) is 0 Å². The summed E-state index contributed by atoms with van der Waals surface area (Å²) in [6.45, 7) is 12.3. The summed E-state index contributed by atoms with van der Waals surface area (Å²) in [6.07, 6.45) is 4.94. The summed E-state index contributed by atoms with van der Waals surface area (Å²) in [5, 5.41) is 16.2. The van der Waals surface area contributed by atoms with Gasteiger partial charge in [-0.3, -0.25) is 19.5 Å². The number of nitrogen functional groups attached to an aromatic ring is 1. The molecule has 13 nitrogen and oxygen atoms in total. The number of amides is 1. The van der Waals surface area contributed by atoms with Crippen LogP contribution < -0.4 is 10.5 Å². The molecule has 2 aromatic carbocycles. The van der Waals surface area contributed by atoms with Gasteiger partial charge in [0.2, 0.25) is 5.91 Å². The summed E-state index contributed by atoms with van der Waals surface area (Å²) in [7, 11) is 0. The first kappa shape index (κ1) is 36.3. The van der Waals surface area contributed by atoms with Gasteiger partial charge in [0.15, 0.2) is 5.65 Å². The third-order valence-electron chi connectivity index (χ3n) is 12.0. The van der Waals surface area contributed by atoms with Crippen LogP contribution in [0.1, 0.15) is 45.6 Å². The first-order valence-electron chi connectivity index (χ1n) is 19.2. The minimum atomic E-state index is -0.844. The highest BCUT2D eigenvalue weighted by Crippen LogP contribution is 2.38. The number of fused-ring (bicyclic) bond motifs is 1. The molecule has 2 N–H and O–H groups in total. The minimum absolute atomic E-state index is 0.150. The van der Waals surface area contributed by atoms with E-state index < -0.39 is 17.3 Å². The lowest BCUT2D eigenvalue weighted by molar-refractivity contribution is -0.140. The van der Waals surface area contributed by atoms with Crippen LogP contribution in [0.15, 0.2) is 54.9 Å². The van der Waals surface area contributed by atoms with Gasteiger partial charge in [-0.05, 0) is 76.9 Å². The zero-order chi connectivity index (χ0) is 37.4. The van der Waals surface area contributed by atoms with Crippen LogP contribution >= 0.6 is 0 Å². The van der Waals surface area contributed by atoms with Gasteiger partial charge in [0.05, 0.1) is 42.8 Å². The fourth-order valence-electron chi connectivity index (χ4n) is 9.00. The number of anilines is 1. The zero-order valence-corrected chi connectivity index (χ0v) is 31.1. The molecule has 4 aliphatic heterocycles. The number of hydrogen-bond acceptors (Lipinski definition) is 11. The predicted octanol–water partition coefficient (Wildman–Crippen LogP) is 4.57. The lowest BCUT2D eigenvalue weighted by Gasteiger charge is -2.53. The van der Waals surface area contributed by atoms with E-state index in [-0.39, 0.29) is 29.4 Å². The van der Waals surface area contributed by atoms with Crippen molar-refractivity contribution in [1.82, 2.24) is 39.3 Å². The number of likely N-dealkylation sites (tertiary alicyclic amines) is 2. The quantitative estimate of drug-likeness (QED) is 0.245. The zero-order valence-electron chi connectivity index (χ0n) is 31.1. The Kier molecular flexibility index (Phi) is 10.2. The number of halogens is 1. The van der Waals surface area contributed by atoms with Gasteiger partial charge in [0.1, 0.15) is 41.1 Å². The smallest absolute Gasteiger partial charge is 0.241 e. The Labute approximate surface area is 315 Å². The maximum absolute atomic E-state index is 15.8. The van der Waals surface area contributed by atoms with Crippen molar-refractivity contribution >= 4 is 22.8 Å². The van der Waals surface area contributed by atoms with E-state index >= 15 is 4.39 Å². The number of ether oxygens (including phenoxy) is 2. The Morgan fingerprint density at radius 3 is 2.43 bits per heavy atom. The van der Waals surface area contributed by atoms with Crippen LogP contribution in [0.2, 0.25) is 0 Å². The van der Waals surface area contributed by atoms with Gasteiger partial charge in [-0.1, -0.05) is 18.2 Å². The molecule has 3 atom stereocenters. The van der Waals surface area contributed by atoms with E-state index in [1.807, 2.05) is 23.1 Å². The fraction of sp³-hybridized carbons (Fsp3) is 0.525. The van der Waals surface area contributed by atoms with E-state index in [0.717, 1.165) is 78.2 Å². The van der Waals surface area contributed by atoms with Gasteiger partial charge >= 0.3 is 0 Å². The number of hydrogen-bond donors (Lipinski definition) is 1. The molecule has 4 fully saturated rings. The maximum atomic E-state index is 15.8. The Morgan fingerprint density at radius 1 is 0.981 bits per heavy atom. The average Bonchev–Trinajstić information content (AvgIpc) is 3.83. The van der Waals surface area contributed by atoms with E-state index in [4.69, 9.17) is 20.3 Å². The Morgan fingerprint density at radius 2 is 1.74 bits per heavy atom. The molecule has 0 spiro atoms. The van der Waals surface area contributed by atoms with E-state index in [2.05, 4.69) is 44.6 Å². The van der Waals surface area contributed by atoms with Crippen LogP contribution in [0, 0.1) is 23.1 Å². The van der Waals surface area contributed by atoms with E-state index in [9.17, 15) is 10.1 Å². The van der Waals surface area contributed by atoms with Crippen LogP contribution in [0.4, 0.5) is 10.2 Å². The molecule has 1 amide bonds. The molecule has 0 aliphatic carbocycles. The second kappa shape index (κ2) is 15.2. The summed E-state index contributed by atoms with van der Waals surface area (Å²) in [4.78, 5) is 32.7. The lowest BCUT2D eigenvalue weighted by atomic mass is 9.80. The molecule has 0 saturated carbocycles. The molecule has 2 aromatic heterocycles. The number of rotatable bonds is 10. The number of nitriles is 1. The Hall–Kier alpha value is -4.68. The molecule has 284 valence electrons. The van der Waals surface area contributed by atoms with Crippen molar-refractivity contribution in [3.8, 4) is 28.8 Å². The normalized spacial score (nSPS) is 21.8. The summed E-state index contributed by atoms with van der Waals surface area (Å²) < 4.78 is 28.9. The number of piperazine rings is 1. The van der Waals surface area contributed by atoms with Crippen molar-refractivity contribution < 1.29 is 18.7 Å². The summed E-state index contributed by atoms with van der Waals surface area (Å²) in [6, 6.07) is 16.3. The lowest BCUT2D eigenvalue weighted by Crippen LogP contribution is -2.67. The van der Waals surface area contributed by atoms with E-state index in [1.165, 1.54) is 12.4 Å². The van der Waals surface area contributed by atoms with Crippen molar-refractivity contribution in [2.24, 2.45) is 5.92 Å². The van der Waals surface area contributed by atoms with Gasteiger partial charge in [-0.25, -0.2) is 19.0 Å². The van der Waals surface area contributed by atoms with Gasteiger partial charge in [-0.2, -0.15) is 10.4 Å². The van der Waals surface area contributed by atoms with Crippen molar-refractivity contribution in [2.45, 2.75) is 63.2 Å². The summed E-state index contributed by atoms with van der Waals surface area (Å²) >= 11 is 0. The van der Waals surface area contributed by atoms with Crippen molar-refractivity contribution in [1.29, 1.82) is 5.26 Å². The highest BCUT2D eigenvalue weighted by molar-refractivity contribution is 5.98. The molecule has 14 heteroatoms. The maximum Gasteiger partial charge on any atom is 0.241 e. The number of nitrogens with two attached hydrogens (primary N) is 1. The first-order valence-corrected chi connectivity index (χ1v) is 19.2. The molecule has 6 heterocycles. The fourth-order valence-corrected chi connectivity index (χ4v) is 9.00. The number of carbonyl (C=O) groups is 1. The highest BCUT2D eigenvalue weighted by atomic mass is 19.1. The van der Waals surface area contributed by atoms with Gasteiger partial charge in [0, 0.05) is 56.4 Å². The number of nitrogens with zero attached hydrogens (tertiary/aromatic N) is 9. The van der Waals surface area contributed by atoms with Crippen LogP contribution in [-0.4, -0.2) is 128 Å². The van der Waals surface area contributed by atoms with Gasteiger partial charge < -0.3 is 20.1 Å². The van der Waals surface area contributed by atoms with Crippen LogP contribution in [-0.2, 0) is 9.53 Å². The molecule has 4 saturated heterocycles. The van der Waals surface area contributed by atoms with Crippen molar-refractivity contribution in [3.63, 3.8) is 0 Å². The third kappa shape index (κ3) is 6.90. The minimum Gasteiger partial charge on any atom is -0.457 e. The van der Waals surface area contributed by atoms with Gasteiger partial charge in [-0.15, -0.1) is 0 Å². The second-order valence-electron chi connectivity index (χ2n) is 15.6. The Bertz CT molecular complexity index is 2000. The molecule has 4 aromatic rings. The summed E-state index contributed by atoms with van der Waals surface area (Å²) in [5.41, 5.74) is 7.04. The predicted molar refractivity (Wildman–Crippen MR) is 202 cm³/mol. The number of para-hydroxylation sites is 1. The monoisotopic (exact) mass is 736 g/mol. The average molecular weight is 737 g/mol. The molecular formula is C40H49FN10O3. The molecule has 54 heavy (non-hydrogen) atoms. The Balaban J connectivity index is 1.05. The first-order chi connectivity index (χ1) is 26.2. The molecule has 4 aliphatic rings.